The third kappa shape index (κ3) is 3.25. The van der Waals surface area contributed by atoms with Gasteiger partial charge in [-0.15, -0.1) is 0 Å². The maximum atomic E-state index is 11.6. The van der Waals surface area contributed by atoms with Crippen molar-refractivity contribution < 1.29 is 9.53 Å². The number of aromatic nitrogens is 1. The van der Waals surface area contributed by atoms with E-state index in [0.717, 1.165) is 23.2 Å². The van der Waals surface area contributed by atoms with Gasteiger partial charge in [0.1, 0.15) is 0 Å². The third-order valence-corrected chi connectivity index (χ3v) is 4.14. The lowest BCUT2D eigenvalue weighted by atomic mass is 10.1. The van der Waals surface area contributed by atoms with E-state index in [9.17, 15) is 4.79 Å². The molecule has 1 aromatic heterocycles. The molecule has 1 heterocycles. The summed E-state index contributed by atoms with van der Waals surface area (Å²) < 4.78 is 7.27. The first-order valence-corrected chi connectivity index (χ1v) is 8.17. The van der Waals surface area contributed by atoms with Crippen molar-refractivity contribution in [3.8, 4) is 0 Å². The molecule has 0 fully saturated rings. The van der Waals surface area contributed by atoms with Crippen molar-refractivity contribution >= 4 is 22.9 Å². The molecular formula is C21H21NO2. The second-order valence-corrected chi connectivity index (χ2v) is 5.67. The van der Waals surface area contributed by atoms with Gasteiger partial charge >= 0.3 is 5.97 Å². The van der Waals surface area contributed by atoms with Crippen LogP contribution in [0.5, 0.6) is 0 Å². The van der Waals surface area contributed by atoms with E-state index in [1.165, 1.54) is 17.2 Å². The second kappa shape index (κ2) is 7.18. The van der Waals surface area contributed by atoms with Crippen molar-refractivity contribution in [1.29, 1.82) is 0 Å². The van der Waals surface area contributed by atoms with Crippen LogP contribution in [0.2, 0.25) is 0 Å². The molecule has 3 heteroatoms. The zero-order chi connectivity index (χ0) is 16.9. The SMILES string of the molecule is CCOC(=O)/C=C/c1c(C)n(Cc2ccccc2)c2ccccc12. The molecule has 3 nitrogen and oxygen atoms in total. The summed E-state index contributed by atoms with van der Waals surface area (Å²) in [5.74, 6) is -0.309. The number of carbonyl (C=O) groups excluding carboxylic acids is 1. The van der Waals surface area contributed by atoms with Crippen molar-refractivity contribution in [1.82, 2.24) is 4.57 Å². The number of nitrogens with zero attached hydrogens (tertiary/aromatic N) is 1. The van der Waals surface area contributed by atoms with Crippen molar-refractivity contribution in [3.63, 3.8) is 0 Å². The van der Waals surface area contributed by atoms with Crippen LogP contribution in [0.1, 0.15) is 23.7 Å². The number of fused-ring (bicyclic) bond motifs is 1. The Hall–Kier alpha value is -2.81. The van der Waals surface area contributed by atoms with Crippen LogP contribution in [0, 0.1) is 6.92 Å². The van der Waals surface area contributed by atoms with Crippen LogP contribution in [-0.4, -0.2) is 17.1 Å². The van der Waals surface area contributed by atoms with E-state index in [2.05, 4.69) is 47.9 Å². The van der Waals surface area contributed by atoms with Crippen LogP contribution in [0.25, 0.3) is 17.0 Å². The second-order valence-electron chi connectivity index (χ2n) is 5.67. The van der Waals surface area contributed by atoms with E-state index in [4.69, 9.17) is 4.74 Å². The van der Waals surface area contributed by atoms with Gasteiger partial charge in [0.05, 0.1) is 6.61 Å². The minimum atomic E-state index is -0.309. The fourth-order valence-corrected chi connectivity index (χ4v) is 2.98. The lowest BCUT2D eigenvalue weighted by Crippen LogP contribution is -2.02. The molecule has 0 radical (unpaired) electrons. The lowest BCUT2D eigenvalue weighted by molar-refractivity contribution is -0.137. The summed E-state index contributed by atoms with van der Waals surface area (Å²) in [6, 6.07) is 18.7. The highest BCUT2D eigenvalue weighted by atomic mass is 16.5. The van der Waals surface area contributed by atoms with Crippen LogP contribution in [-0.2, 0) is 16.1 Å². The van der Waals surface area contributed by atoms with Crippen molar-refractivity contribution in [2.24, 2.45) is 0 Å². The molecule has 0 aliphatic rings. The molecule has 24 heavy (non-hydrogen) atoms. The summed E-state index contributed by atoms with van der Waals surface area (Å²) in [5, 5.41) is 1.14. The number of esters is 1. The molecular weight excluding hydrogens is 298 g/mol. The van der Waals surface area contributed by atoms with Gasteiger partial charge in [-0.3, -0.25) is 0 Å². The van der Waals surface area contributed by atoms with Gasteiger partial charge in [-0.25, -0.2) is 4.79 Å². The van der Waals surface area contributed by atoms with E-state index < -0.39 is 0 Å². The zero-order valence-electron chi connectivity index (χ0n) is 14.0. The van der Waals surface area contributed by atoms with Crippen molar-refractivity contribution in [2.75, 3.05) is 6.61 Å². The fraction of sp³-hybridized carbons (Fsp3) is 0.190. The van der Waals surface area contributed by atoms with E-state index in [1.807, 2.05) is 31.2 Å². The molecule has 0 unspecified atom stereocenters. The maximum Gasteiger partial charge on any atom is 0.330 e. The van der Waals surface area contributed by atoms with E-state index in [-0.39, 0.29) is 5.97 Å². The molecule has 0 spiro atoms. The molecule has 3 rings (SSSR count). The molecule has 0 saturated heterocycles. The summed E-state index contributed by atoms with van der Waals surface area (Å²) in [4.78, 5) is 11.6. The Morgan fingerprint density at radius 2 is 1.79 bits per heavy atom. The van der Waals surface area contributed by atoms with Gasteiger partial charge < -0.3 is 9.30 Å². The highest BCUT2D eigenvalue weighted by Crippen LogP contribution is 2.27. The smallest absolute Gasteiger partial charge is 0.330 e. The summed E-state index contributed by atoms with van der Waals surface area (Å²) in [5.41, 5.74) is 4.62. The molecule has 3 aromatic rings. The first-order chi connectivity index (χ1) is 11.7. The molecule has 0 aliphatic heterocycles. The Morgan fingerprint density at radius 3 is 2.54 bits per heavy atom. The number of benzene rings is 2. The monoisotopic (exact) mass is 319 g/mol. The average molecular weight is 319 g/mol. The zero-order valence-corrected chi connectivity index (χ0v) is 14.0. The molecule has 0 atom stereocenters. The van der Waals surface area contributed by atoms with Crippen LogP contribution in [0.3, 0.4) is 0 Å². The minimum Gasteiger partial charge on any atom is -0.463 e. The molecule has 0 bridgehead atoms. The third-order valence-electron chi connectivity index (χ3n) is 4.14. The first kappa shape index (κ1) is 16.1. The van der Waals surface area contributed by atoms with E-state index in [1.54, 1.807) is 0 Å². The van der Waals surface area contributed by atoms with Crippen LogP contribution in [0.15, 0.2) is 60.7 Å². The molecule has 0 amide bonds. The normalized spacial score (nSPS) is 11.2. The number of carbonyl (C=O) groups is 1. The number of hydrogen-bond acceptors (Lipinski definition) is 2. The highest BCUT2D eigenvalue weighted by Gasteiger charge is 2.12. The van der Waals surface area contributed by atoms with Crippen molar-refractivity contribution in [3.05, 3.63) is 77.5 Å². The van der Waals surface area contributed by atoms with Crippen LogP contribution in [0.4, 0.5) is 0 Å². The highest BCUT2D eigenvalue weighted by molar-refractivity contribution is 5.95. The maximum absolute atomic E-state index is 11.6. The fourth-order valence-electron chi connectivity index (χ4n) is 2.98. The summed E-state index contributed by atoms with van der Waals surface area (Å²) >= 11 is 0. The largest absolute Gasteiger partial charge is 0.463 e. The van der Waals surface area contributed by atoms with Gasteiger partial charge in [-0.05, 0) is 31.6 Å². The Balaban J connectivity index is 2.04. The minimum absolute atomic E-state index is 0.309. The molecule has 2 aromatic carbocycles. The Kier molecular flexibility index (Phi) is 4.80. The van der Waals surface area contributed by atoms with Gasteiger partial charge in [0.15, 0.2) is 0 Å². The molecule has 122 valence electrons. The molecule has 0 saturated carbocycles. The van der Waals surface area contributed by atoms with Crippen molar-refractivity contribution in [2.45, 2.75) is 20.4 Å². The predicted molar refractivity (Wildman–Crippen MR) is 97.9 cm³/mol. The van der Waals surface area contributed by atoms with Crippen LogP contribution >= 0.6 is 0 Å². The summed E-state index contributed by atoms with van der Waals surface area (Å²) in [6.07, 6.45) is 3.36. The van der Waals surface area contributed by atoms with Gasteiger partial charge in [-0.2, -0.15) is 0 Å². The lowest BCUT2D eigenvalue weighted by Gasteiger charge is -2.08. The van der Waals surface area contributed by atoms with E-state index in [0.29, 0.717) is 6.61 Å². The number of para-hydroxylation sites is 1. The topological polar surface area (TPSA) is 31.2 Å². The van der Waals surface area contributed by atoms with Gasteiger partial charge in [0.2, 0.25) is 0 Å². The van der Waals surface area contributed by atoms with Crippen LogP contribution < -0.4 is 0 Å². The van der Waals surface area contributed by atoms with Gasteiger partial charge in [0.25, 0.3) is 0 Å². The number of hydrogen-bond donors (Lipinski definition) is 0. The summed E-state index contributed by atoms with van der Waals surface area (Å²) in [6.45, 7) is 5.09. The van der Waals surface area contributed by atoms with Gasteiger partial charge in [0, 0.05) is 34.8 Å². The Morgan fingerprint density at radius 1 is 1.08 bits per heavy atom. The summed E-state index contributed by atoms with van der Waals surface area (Å²) in [7, 11) is 0. The predicted octanol–water partition coefficient (Wildman–Crippen LogP) is 4.57. The number of rotatable bonds is 5. The Labute approximate surface area is 142 Å². The quantitative estimate of drug-likeness (QED) is 0.509. The van der Waals surface area contributed by atoms with E-state index >= 15 is 0 Å². The van der Waals surface area contributed by atoms with Gasteiger partial charge in [-0.1, -0.05) is 48.5 Å². The molecule has 0 aliphatic carbocycles. The Bertz CT molecular complexity index is 875. The standard InChI is InChI=1S/C21H21NO2/c1-3-24-21(23)14-13-18-16(2)22(15-17-9-5-4-6-10-17)20-12-8-7-11-19(18)20/h4-14H,3,15H2,1-2H3/b14-13+. The first-order valence-electron chi connectivity index (χ1n) is 8.17. The average Bonchev–Trinajstić information content (AvgIpc) is 2.86. The number of ether oxygens (including phenoxy) is 1. The molecule has 0 N–H and O–H groups in total.